The van der Waals surface area contributed by atoms with Gasteiger partial charge in [-0.15, -0.1) is 0 Å². The molecule has 1 amide bonds. The third-order valence-electron chi connectivity index (χ3n) is 4.32. The molecule has 0 aliphatic carbocycles. The van der Waals surface area contributed by atoms with Gasteiger partial charge in [-0.3, -0.25) is 4.79 Å². The van der Waals surface area contributed by atoms with Crippen molar-refractivity contribution in [3.63, 3.8) is 0 Å². The topological polar surface area (TPSA) is 29.1 Å². The van der Waals surface area contributed by atoms with E-state index < -0.39 is 60.1 Å². The Morgan fingerprint density at radius 2 is 0.882 bits per heavy atom. The second kappa shape index (κ2) is 9.39. The molecule has 0 atom stereocenters. The molecule has 0 bridgehead atoms. The predicted molar refractivity (Wildman–Crippen MR) is 77.8 cm³/mol. The van der Waals surface area contributed by atoms with Gasteiger partial charge < -0.3 is 5.32 Å². The van der Waals surface area contributed by atoms with Crippen LogP contribution in [0.15, 0.2) is 0 Å². The molecule has 0 heterocycles. The van der Waals surface area contributed by atoms with Crippen LogP contribution in [0.2, 0.25) is 0 Å². The maximum Gasteiger partial charge on any atom is 0.460 e. The van der Waals surface area contributed by atoms with Gasteiger partial charge in [0.25, 0.3) is 5.91 Å². The Balaban J connectivity index is 6.32. The Bertz CT molecular complexity index is 712. The van der Waals surface area contributed by atoms with Crippen molar-refractivity contribution >= 4 is 5.91 Å². The first-order valence-electron chi connectivity index (χ1n) is 8.73. The molecule has 0 aromatic heterocycles. The van der Waals surface area contributed by atoms with Crippen molar-refractivity contribution in [3.05, 3.63) is 0 Å². The lowest BCUT2D eigenvalue weighted by Gasteiger charge is -2.42. The van der Waals surface area contributed by atoms with Crippen molar-refractivity contribution in [1.82, 2.24) is 5.32 Å². The van der Waals surface area contributed by atoms with Crippen LogP contribution in [0, 0.1) is 0 Å². The van der Waals surface area contributed by atoms with Gasteiger partial charge >= 0.3 is 47.6 Å². The summed E-state index contributed by atoms with van der Waals surface area (Å²) in [6.07, 6.45) is -7.03. The standard InChI is InChI=1S/C15H14F17NO/c1-2-3-4-5-6-33-7(34)8(16,17)9(18,19)10(20,21)11(22,23)12(24,25)13(26,27)14(28,29)15(30,31)32/h2-6H2,1H3,(H,33,34). The highest BCUT2D eigenvalue weighted by Crippen LogP contribution is 2.63. The van der Waals surface area contributed by atoms with E-state index in [0.29, 0.717) is 12.8 Å². The highest BCUT2D eigenvalue weighted by Gasteiger charge is 2.95. The smallest absolute Gasteiger partial charge is 0.351 e. The average molecular weight is 547 g/mol. The molecule has 204 valence electrons. The van der Waals surface area contributed by atoms with Gasteiger partial charge in [-0.1, -0.05) is 26.2 Å². The van der Waals surface area contributed by atoms with Crippen molar-refractivity contribution in [3.8, 4) is 0 Å². The fourth-order valence-corrected chi connectivity index (χ4v) is 2.17. The second-order valence-corrected chi connectivity index (χ2v) is 6.84. The Morgan fingerprint density at radius 1 is 0.529 bits per heavy atom. The minimum atomic E-state index is -8.71. The highest BCUT2D eigenvalue weighted by molar-refractivity contribution is 5.84. The van der Waals surface area contributed by atoms with E-state index in [2.05, 4.69) is 0 Å². The van der Waals surface area contributed by atoms with Gasteiger partial charge in [0.05, 0.1) is 0 Å². The van der Waals surface area contributed by atoms with Gasteiger partial charge in [0.2, 0.25) is 0 Å². The zero-order chi connectivity index (χ0) is 27.8. The lowest BCUT2D eigenvalue weighted by Crippen LogP contribution is -2.75. The highest BCUT2D eigenvalue weighted by atomic mass is 19.4. The second-order valence-electron chi connectivity index (χ2n) is 6.84. The van der Waals surface area contributed by atoms with Crippen LogP contribution in [0.3, 0.4) is 0 Å². The van der Waals surface area contributed by atoms with Gasteiger partial charge in [-0.2, -0.15) is 74.6 Å². The summed E-state index contributed by atoms with van der Waals surface area (Å²) in [6.45, 7) is 0.665. The molecule has 2 nitrogen and oxygen atoms in total. The molecule has 0 rings (SSSR count). The van der Waals surface area contributed by atoms with Crippen LogP contribution in [0.4, 0.5) is 74.6 Å². The van der Waals surface area contributed by atoms with Crippen molar-refractivity contribution < 1.29 is 79.4 Å². The Labute approximate surface area is 178 Å². The monoisotopic (exact) mass is 547 g/mol. The zero-order valence-electron chi connectivity index (χ0n) is 16.4. The zero-order valence-corrected chi connectivity index (χ0v) is 16.4. The molecule has 0 saturated heterocycles. The summed E-state index contributed by atoms with van der Waals surface area (Å²) in [4.78, 5) is 11.1. The molecule has 0 aliphatic rings. The first-order chi connectivity index (χ1) is 14.7. The van der Waals surface area contributed by atoms with Gasteiger partial charge in [0.15, 0.2) is 0 Å². The molecular formula is C15H14F17NO. The Kier molecular flexibility index (Phi) is 8.91. The van der Waals surface area contributed by atoms with Gasteiger partial charge in [0.1, 0.15) is 0 Å². The number of hydrogen-bond acceptors (Lipinski definition) is 1. The number of unbranched alkanes of at least 4 members (excludes halogenated alkanes) is 3. The maximum absolute atomic E-state index is 13.6. The van der Waals surface area contributed by atoms with E-state index in [1.807, 2.05) is 0 Å². The van der Waals surface area contributed by atoms with E-state index in [4.69, 9.17) is 0 Å². The van der Waals surface area contributed by atoms with Crippen molar-refractivity contribution in [2.24, 2.45) is 0 Å². The summed E-state index contributed by atoms with van der Waals surface area (Å²) in [6, 6.07) is 0. The van der Waals surface area contributed by atoms with E-state index >= 15 is 0 Å². The van der Waals surface area contributed by atoms with Crippen molar-refractivity contribution in [1.29, 1.82) is 0 Å². The fraction of sp³-hybridized carbons (Fsp3) is 0.933. The van der Waals surface area contributed by atoms with Crippen LogP contribution < -0.4 is 5.32 Å². The fourth-order valence-electron chi connectivity index (χ4n) is 2.17. The number of alkyl halides is 17. The average Bonchev–Trinajstić information content (AvgIpc) is 2.65. The molecule has 0 radical (unpaired) electrons. The van der Waals surface area contributed by atoms with E-state index in [0.717, 1.165) is 5.32 Å². The third kappa shape index (κ3) is 4.70. The first-order valence-corrected chi connectivity index (χ1v) is 8.73. The summed E-state index contributed by atoms with van der Waals surface area (Å²) in [5.74, 6) is -61.2. The van der Waals surface area contributed by atoms with E-state index in [1.54, 1.807) is 6.92 Å². The molecule has 34 heavy (non-hydrogen) atoms. The normalized spacial score (nSPS) is 15.5. The number of hydrogen-bond donors (Lipinski definition) is 1. The lowest BCUT2D eigenvalue weighted by molar-refractivity contribution is -0.459. The molecular weight excluding hydrogens is 533 g/mol. The van der Waals surface area contributed by atoms with Crippen LogP contribution in [0.5, 0.6) is 0 Å². The SMILES string of the molecule is CCCCCCNC(=O)C(F)(F)C(F)(F)C(F)(F)C(F)(F)C(F)(F)C(F)(F)C(F)(F)C(F)(F)F. The predicted octanol–water partition coefficient (Wildman–Crippen LogP) is 6.69. The number of amides is 1. The van der Waals surface area contributed by atoms with Crippen molar-refractivity contribution in [2.45, 2.75) is 80.2 Å². The van der Waals surface area contributed by atoms with Crippen molar-refractivity contribution in [2.75, 3.05) is 6.54 Å². The lowest BCUT2D eigenvalue weighted by atomic mass is 9.89. The summed E-state index contributed by atoms with van der Waals surface area (Å²) in [7, 11) is 0. The van der Waals surface area contributed by atoms with Crippen LogP contribution in [-0.2, 0) is 4.79 Å². The molecule has 0 aliphatic heterocycles. The molecule has 1 N–H and O–H groups in total. The molecule has 0 fully saturated rings. The summed E-state index contributed by atoms with van der Waals surface area (Å²) >= 11 is 0. The quantitative estimate of drug-likeness (QED) is 0.214. The first kappa shape index (κ1) is 32.3. The molecule has 0 saturated carbocycles. The van der Waals surface area contributed by atoms with Gasteiger partial charge in [-0.25, -0.2) is 0 Å². The number of nitrogens with one attached hydrogen (secondary N) is 1. The molecule has 0 unspecified atom stereocenters. The molecule has 0 aromatic carbocycles. The van der Waals surface area contributed by atoms with Crippen LogP contribution in [0.25, 0.3) is 0 Å². The van der Waals surface area contributed by atoms with E-state index in [9.17, 15) is 79.4 Å². The summed E-state index contributed by atoms with van der Waals surface area (Å²) in [5, 5.41) is 0.873. The van der Waals surface area contributed by atoms with Gasteiger partial charge in [-0.05, 0) is 6.42 Å². The molecule has 19 heteroatoms. The summed E-state index contributed by atoms with van der Waals surface area (Å²) < 4.78 is 222. The van der Waals surface area contributed by atoms with Gasteiger partial charge in [0, 0.05) is 6.54 Å². The maximum atomic E-state index is 13.6. The van der Waals surface area contributed by atoms with E-state index in [-0.39, 0.29) is 12.8 Å². The van der Waals surface area contributed by atoms with E-state index in [1.165, 1.54) is 0 Å². The minimum absolute atomic E-state index is 0.141. The Morgan fingerprint density at radius 3 is 1.24 bits per heavy atom. The van der Waals surface area contributed by atoms with Crippen LogP contribution in [-0.4, -0.2) is 60.1 Å². The number of carbonyl (C=O) groups is 1. The van der Waals surface area contributed by atoms with Crippen LogP contribution in [0.1, 0.15) is 32.6 Å². The number of halogens is 17. The number of carbonyl (C=O) groups excluding carboxylic acids is 1. The third-order valence-corrected chi connectivity index (χ3v) is 4.32. The van der Waals surface area contributed by atoms with Crippen LogP contribution >= 0.6 is 0 Å². The largest absolute Gasteiger partial charge is 0.460 e. The number of rotatable bonds is 12. The summed E-state index contributed by atoms with van der Waals surface area (Å²) in [5.41, 5.74) is 0. The Hall–Kier alpha value is -1.72. The minimum Gasteiger partial charge on any atom is -0.351 e. The molecule has 0 spiro atoms. The molecule has 0 aromatic rings.